The summed E-state index contributed by atoms with van der Waals surface area (Å²) in [6, 6.07) is 4.79. The van der Waals surface area contributed by atoms with Crippen molar-refractivity contribution in [1.29, 1.82) is 0 Å². The molecule has 3 heteroatoms. The number of benzene rings is 1. The van der Waals surface area contributed by atoms with Crippen LogP contribution in [0.4, 0.5) is 4.39 Å². The zero-order valence-electron chi connectivity index (χ0n) is 11.5. The van der Waals surface area contributed by atoms with Crippen molar-refractivity contribution in [1.82, 2.24) is 0 Å². The molecule has 1 aliphatic rings. The Kier molecular flexibility index (Phi) is 4.44. The largest absolute Gasteiger partial charge is 0.299 e. The number of rotatable bonds is 3. The summed E-state index contributed by atoms with van der Waals surface area (Å²) in [5.74, 6) is -0.0357. The van der Waals surface area contributed by atoms with Crippen molar-refractivity contribution in [3.05, 3.63) is 34.1 Å². The maximum absolute atomic E-state index is 13.7. The molecule has 0 radical (unpaired) electrons. The fourth-order valence-corrected chi connectivity index (χ4v) is 3.49. The lowest BCUT2D eigenvalue weighted by molar-refractivity contribution is -0.127. The third kappa shape index (κ3) is 3.44. The van der Waals surface area contributed by atoms with E-state index in [0.717, 1.165) is 23.7 Å². The second kappa shape index (κ2) is 5.74. The molecule has 0 spiro atoms. The summed E-state index contributed by atoms with van der Waals surface area (Å²) in [6.07, 6.45) is 4.55. The van der Waals surface area contributed by atoms with Crippen LogP contribution in [0.2, 0.25) is 0 Å². The van der Waals surface area contributed by atoms with Crippen LogP contribution in [-0.2, 0) is 11.2 Å². The van der Waals surface area contributed by atoms with Gasteiger partial charge in [-0.1, -0.05) is 42.6 Å². The summed E-state index contributed by atoms with van der Waals surface area (Å²) in [6.45, 7) is 4.32. The van der Waals surface area contributed by atoms with Gasteiger partial charge in [0.1, 0.15) is 11.6 Å². The molecule has 0 amide bonds. The SMILES string of the molecule is CC1(C)CCCCC1C(=O)Cc1cc(Br)ccc1F. The number of carbonyl (C=O) groups is 1. The van der Waals surface area contributed by atoms with Crippen molar-refractivity contribution in [2.45, 2.75) is 46.0 Å². The van der Waals surface area contributed by atoms with Crippen LogP contribution in [0, 0.1) is 17.2 Å². The topological polar surface area (TPSA) is 17.1 Å². The van der Waals surface area contributed by atoms with Crippen LogP contribution < -0.4 is 0 Å². The fraction of sp³-hybridized carbons (Fsp3) is 0.562. The molecule has 1 fully saturated rings. The summed E-state index contributed by atoms with van der Waals surface area (Å²) in [5, 5.41) is 0. The Morgan fingerprint density at radius 3 is 2.84 bits per heavy atom. The molecule has 1 aliphatic carbocycles. The molecule has 0 heterocycles. The molecule has 19 heavy (non-hydrogen) atoms. The standard InChI is InChI=1S/C16H20BrFO/c1-16(2)8-4-3-5-13(16)15(19)10-11-9-12(17)6-7-14(11)18/h6-7,9,13H,3-5,8,10H2,1-2H3. The minimum atomic E-state index is -0.287. The van der Waals surface area contributed by atoms with E-state index in [4.69, 9.17) is 0 Å². The molecule has 1 aromatic rings. The number of hydrogen-bond acceptors (Lipinski definition) is 1. The van der Waals surface area contributed by atoms with Gasteiger partial charge in [0.2, 0.25) is 0 Å². The molecule has 1 saturated carbocycles. The highest BCUT2D eigenvalue weighted by atomic mass is 79.9. The Balaban J connectivity index is 2.14. The van der Waals surface area contributed by atoms with Crippen LogP contribution in [0.1, 0.15) is 45.1 Å². The van der Waals surface area contributed by atoms with Crippen LogP contribution in [-0.4, -0.2) is 5.78 Å². The zero-order chi connectivity index (χ0) is 14.0. The first kappa shape index (κ1) is 14.7. The molecule has 0 N–H and O–H groups in total. The van der Waals surface area contributed by atoms with E-state index >= 15 is 0 Å². The second-order valence-corrected chi connectivity index (χ2v) is 7.08. The van der Waals surface area contributed by atoms with E-state index in [2.05, 4.69) is 29.8 Å². The summed E-state index contributed by atoms with van der Waals surface area (Å²) < 4.78 is 14.5. The van der Waals surface area contributed by atoms with Gasteiger partial charge in [0.25, 0.3) is 0 Å². The predicted molar refractivity (Wildman–Crippen MR) is 78.6 cm³/mol. The molecular weight excluding hydrogens is 307 g/mol. The van der Waals surface area contributed by atoms with Gasteiger partial charge in [-0.25, -0.2) is 4.39 Å². The molecule has 0 saturated heterocycles. The zero-order valence-corrected chi connectivity index (χ0v) is 13.1. The highest BCUT2D eigenvalue weighted by Gasteiger charge is 2.36. The normalized spacial score (nSPS) is 22.2. The van der Waals surface area contributed by atoms with Gasteiger partial charge in [0, 0.05) is 16.8 Å². The highest BCUT2D eigenvalue weighted by Crippen LogP contribution is 2.41. The average Bonchev–Trinajstić information content (AvgIpc) is 2.33. The minimum absolute atomic E-state index is 0.0534. The molecule has 1 unspecified atom stereocenters. The fourth-order valence-electron chi connectivity index (χ4n) is 3.08. The molecule has 0 aromatic heterocycles. The van der Waals surface area contributed by atoms with Crippen LogP contribution >= 0.6 is 15.9 Å². The number of ketones is 1. The maximum Gasteiger partial charge on any atom is 0.140 e. The highest BCUT2D eigenvalue weighted by molar-refractivity contribution is 9.10. The van der Waals surface area contributed by atoms with Crippen molar-refractivity contribution in [3.8, 4) is 0 Å². The van der Waals surface area contributed by atoms with Crippen molar-refractivity contribution in [3.63, 3.8) is 0 Å². The Morgan fingerprint density at radius 2 is 2.16 bits per heavy atom. The molecule has 0 bridgehead atoms. The molecule has 0 aliphatic heterocycles. The number of halogens is 2. The van der Waals surface area contributed by atoms with Gasteiger partial charge < -0.3 is 0 Å². The van der Waals surface area contributed by atoms with E-state index in [1.807, 2.05) is 0 Å². The number of carbonyl (C=O) groups excluding carboxylic acids is 1. The first-order chi connectivity index (χ1) is 8.90. The lowest BCUT2D eigenvalue weighted by Gasteiger charge is -2.37. The summed E-state index contributed by atoms with van der Waals surface area (Å²) >= 11 is 3.33. The Morgan fingerprint density at radius 1 is 1.42 bits per heavy atom. The van der Waals surface area contributed by atoms with Gasteiger partial charge in [0.15, 0.2) is 0 Å². The minimum Gasteiger partial charge on any atom is -0.299 e. The van der Waals surface area contributed by atoms with E-state index in [1.54, 1.807) is 12.1 Å². The number of Topliss-reactive ketones (excluding diaryl/α,β-unsaturated/α-hetero) is 1. The summed E-state index contributed by atoms with van der Waals surface area (Å²) in [4.78, 5) is 12.5. The Hall–Kier alpha value is -0.700. The van der Waals surface area contributed by atoms with Crippen molar-refractivity contribution < 1.29 is 9.18 Å². The van der Waals surface area contributed by atoms with Crippen LogP contribution in [0.25, 0.3) is 0 Å². The van der Waals surface area contributed by atoms with Crippen LogP contribution in [0.15, 0.2) is 22.7 Å². The first-order valence-corrected chi connectivity index (χ1v) is 7.66. The van der Waals surface area contributed by atoms with Crippen molar-refractivity contribution in [2.75, 3.05) is 0 Å². The van der Waals surface area contributed by atoms with Gasteiger partial charge in [-0.3, -0.25) is 4.79 Å². The lowest BCUT2D eigenvalue weighted by Crippen LogP contribution is -2.35. The van der Waals surface area contributed by atoms with E-state index in [9.17, 15) is 9.18 Å². The van der Waals surface area contributed by atoms with E-state index < -0.39 is 0 Å². The van der Waals surface area contributed by atoms with E-state index in [-0.39, 0.29) is 29.4 Å². The third-order valence-electron chi connectivity index (χ3n) is 4.27. The average molecular weight is 327 g/mol. The van der Waals surface area contributed by atoms with Crippen molar-refractivity contribution >= 4 is 21.7 Å². The van der Waals surface area contributed by atoms with Gasteiger partial charge in [-0.15, -0.1) is 0 Å². The molecule has 1 nitrogen and oxygen atoms in total. The van der Waals surface area contributed by atoms with Gasteiger partial charge >= 0.3 is 0 Å². The first-order valence-electron chi connectivity index (χ1n) is 6.87. The maximum atomic E-state index is 13.7. The smallest absolute Gasteiger partial charge is 0.140 e. The summed E-state index contributed by atoms with van der Waals surface area (Å²) in [5.41, 5.74) is 0.554. The van der Waals surface area contributed by atoms with E-state index in [1.165, 1.54) is 12.5 Å². The van der Waals surface area contributed by atoms with Crippen LogP contribution in [0.3, 0.4) is 0 Å². The monoisotopic (exact) mass is 326 g/mol. The van der Waals surface area contributed by atoms with Crippen LogP contribution in [0.5, 0.6) is 0 Å². The Bertz CT molecular complexity index is 482. The van der Waals surface area contributed by atoms with Gasteiger partial charge in [-0.05, 0) is 42.0 Å². The summed E-state index contributed by atoms with van der Waals surface area (Å²) in [7, 11) is 0. The molecule has 1 aromatic carbocycles. The molecule has 2 rings (SSSR count). The van der Waals surface area contributed by atoms with Gasteiger partial charge in [-0.2, -0.15) is 0 Å². The molecule has 1 atom stereocenters. The Labute approximate surface area is 122 Å². The van der Waals surface area contributed by atoms with Crippen molar-refractivity contribution in [2.24, 2.45) is 11.3 Å². The quantitative estimate of drug-likeness (QED) is 0.770. The predicted octanol–water partition coefficient (Wildman–Crippen LogP) is 4.92. The molecule has 104 valence electrons. The number of hydrogen-bond donors (Lipinski definition) is 0. The lowest BCUT2D eigenvalue weighted by atomic mass is 9.66. The third-order valence-corrected chi connectivity index (χ3v) is 4.76. The molecular formula is C16H20BrFO. The second-order valence-electron chi connectivity index (χ2n) is 6.17. The van der Waals surface area contributed by atoms with Gasteiger partial charge in [0.05, 0.1) is 0 Å². The van der Waals surface area contributed by atoms with E-state index in [0.29, 0.717) is 5.56 Å².